The van der Waals surface area contributed by atoms with Crippen molar-refractivity contribution in [2.75, 3.05) is 6.54 Å². The fourth-order valence-electron chi connectivity index (χ4n) is 6.78. The monoisotopic (exact) mass is 543 g/mol. The van der Waals surface area contributed by atoms with Crippen molar-refractivity contribution in [1.82, 2.24) is 24.9 Å². The van der Waals surface area contributed by atoms with E-state index in [-0.39, 0.29) is 12.4 Å². The van der Waals surface area contributed by atoms with Gasteiger partial charge in [-0.25, -0.2) is 9.18 Å². The van der Waals surface area contributed by atoms with E-state index in [9.17, 15) is 23.9 Å². The fourth-order valence-corrected chi connectivity index (χ4v) is 6.78. The number of imide groups is 1. The van der Waals surface area contributed by atoms with Crippen LogP contribution in [0.4, 0.5) is 9.18 Å². The molecule has 1 spiro atoms. The maximum absolute atomic E-state index is 13.9. The van der Waals surface area contributed by atoms with Crippen molar-refractivity contribution in [2.24, 2.45) is 7.05 Å². The van der Waals surface area contributed by atoms with Gasteiger partial charge in [-0.3, -0.25) is 19.2 Å². The van der Waals surface area contributed by atoms with Crippen molar-refractivity contribution in [3.63, 3.8) is 0 Å². The molecule has 1 saturated heterocycles. The van der Waals surface area contributed by atoms with E-state index in [1.54, 1.807) is 21.8 Å². The van der Waals surface area contributed by atoms with Crippen molar-refractivity contribution >= 4 is 17.8 Å². The summed E-state index contributed by atoms with van der Waals surface area (Å²) in [6, 6.07) is 9.30. The molecule has 2 aliphatic carbocycles. The molecule has 10 heteroatoms. The Bertz CT molecular complexity index is 1580. The number of benzene rings is 2. The third-order valence-electron chi connectivity index (χ3n) is 9.12. The van der Waals surface area contributed by atoms with Gasteiger partial charge in [0.25, 0.3) is 5.91 Å². The molecule has 0 radical (unpaired) electrons. The van der Waals surface area contributed by atoms with Crippen molar-refractivity contribution in [3.05, 3.63) is 76.9 Å². The highest BCUT2D eigenvalue weighted by Crippen LogP contribution is 2.45. The molecule has 2 aromatic carbocycles. The van der Waals surface area contributed by atoms with Crippen LogP contribution in [0, 0.1) is 5.82 Å². The second kappa shape index (κ2) is 8.72. The fraction of sp³-hybridized carbons (Fsp3) is 0.400. The third-order valence-corrected chi connectivity index (χ3v) is 9.12. The standard InChI is InChI=1S/C30H30FN5O4/c1-34-15-22(14-32-34)18-3-6-24-20(12-18)8-9-30(24)27(38)36(28(39)33-30)17-26(37)35-16-21-2-5-23(31)13-19(21)4-7-25(35)29(40)10-11-29/h2-3,5-6,12-15,25,40H,4,7-11,16-17H2,1H3,(H,33,39)/t25-,30-/m0/s1. The predicted octanol–water partition coefficient (Wildman–Crippen LogP) is 2.79. The highest BCUT2D eigenvalue weighted by atomic mass is 19.1. The van der Waals surface area contributed by atoms with Gasteiger partial charge < -0.3 is 15.3 Å². The zero-order valence-electron chi connectivity index (χ0n) is 22.2. The molecule has 1 saturated carbocycles. The van der Waals surface area contributed by atoms with Crippen molar-refractivity contribution in [2.45, 2.75) is 62.3 Å². The van der Waals surface area contributed by atoms with E-state index in [1.807, 2.05) is 31.4 Å². The molecule has 1 aromatic heterocycles. The number of hydrogen-bond acceptors (Lipinski definition) is 5. The predicted molar refractivity (Wildman–Crippen MR) is 142 cm³/mol. The molecule has 4 amide bonds. The van der Waals surface area contributed by atoms with Gasteiger partial charge in [0.1, 0.15) is 17.9 Å². The van der Waals surface area contributed by atoms with Gasteiger partial charge in [-0.15, -0.1) is 0 Å². The first-order valence-electron chi connectivity index (χ1n) is 13.7. The van der Waals surface area contributed by atoms with Crippen LogP contribution in [0.15, 0.2) is 48.8 Å². The topological polar surface area (TPSA) is 108 Å². The summed E-state index contributed by atoms with van der Waals surface area (Å²) in [6.07, 6.45) is 6.91. The number of carbonyl (C=O) groups excluding carboxylic acids is 3. The van der Waals surface area contributed by atoms with E-state index in [4.69, 9.17) is 0 Å². The number of rotatable bonds is 4. The number of nitrogens with zero attached hydrogens (tertiary/aromatic N) is 4. The van der Waals surface area contributed by atoms with Gasteiger partial charge in [0, 0.05) is 25.4 Å². The van der Waals surface area contributed by atoms with Crippen LogP contribution in [0.25, 0.3) is 11.1 Å². The highest BCUT2D eigenvalue weighted by molar-refractivity contribution is 6.10. The summed E-state index contributed by atoms with van der Waals surface area (Å²) in [4.78, 5) is 43.4. The Labute approximate surface area is 230 Å². The van der Waals surface area contributed by atoms with Gasteiger partial charge >= 0.3 is 6.03 Å². The van der Waals surface area contributed by atoms with E-state index in [0.717, 1.165) is 38.3 Å². The molecule has 9 nitrogen and oxygen atoms in total. The molecule has 4 aliphatic rings. The number of amides is 4. The first kappa shape index (κ1) is 25.0. The van der Waals surface area contributed by atoms with Crippen molar-refractivity contribution < 1.29 is 23.9 Å². The number of aliphatic hydroxyl groups is 1. The van der Waals surface area contributed by atoms with Gasteiger partial charge in [0.2, 0.25) is 5.91 Å². The summed E-state index contributed by atoms with van der Waals surface area (Å²) in [5.74, 6) is -1.18. The summed E-state index contributed by atoms with van der Waals surface area (Å²) < 4.78 is 15.7. The Morgan fingerprint density at radius 2 is 1.90 bits per heavy atom. The molecule has 0 bridgehead atoms. The zero-order chi connectivity index (χ0) is 27.8. The average Bonchev–Trinajstić information content (AvgIpc) is 3.33. The third kappa shape index (κ3) is 3.84. The summed E-state index contributed by atoms with van der Waals surface area (Å²) in [5, 5.41) is 18.2. The zero-order valence-corrected chi connectivity index (χ0v) is 22.2. The largest absolute Gasteiger partial charge is 0.388 e. The Morgan fingerprint density at radius 1 is 1.07 bits per heavy atom. The molecular formula is C30H30FN5O4. The minimum atomic E-state index is -1.20. The molecule has 206 valence electrons. The number of halogens is 1. The lowest BCUT2D eigenvalue weighted by molar-refractivity contribution is -0.143. The lowest BCUT2D eigenvalue weighted by Gasteiger charge is -2.34. The molecule has 2 N–H and O–H groups in total. The van der Waals surface area contributed by atoms with Crippen LogP contribution >= 0.6 is 0 Å². The van der Waals surface area contributed by atoms with Crippen LogP contribution in [0.3, 0.4) is 0 Å². The number of urea groups is 1. The smallest absolute Gasteiger partial charge is 0.325 e. The first-order valence-corrected chi connectivity index (χ1v) is 13.7. The number of hydrogen-bond donors (Lipinski definition) is 2. The summed E-state index contributed by atoms with van der Waals surface area (Å²) in [6.45, 7) is -0.227. The van der Waals surface area contributed by atoms with Crippen LogP contribution in [-0.2, 0) is 41.6 Å². The molecular weight excluding hydrogens is 513 g/mol. The summed E-state index contributed by atoms with van der Waals surface area (Å²) in [5.41, 5.74) is 3.12. The summed E-state index contributed by atoms with van der Waals surface area (Å²) in [7, 11) is 1.85. The lowest BCUT2D eigenvalue weighted by atomic mass is 9.90. The van der Waals surface area contributed by atoms with Crippen LogP contribution in [0.5, 0.6) is 0 Å². The van der Waals surface area contributed by atoms with E-state index in [2.05, 4.69) is 10.4 Å². The second-order valence-electron chi connectivity index (χ2n) is 11.6. The number of fused-ring (bicyclic) bond motifs is 3. The van der Waals surface area contributed by atoms with Gasteiger partial charge in [0.15, 0.2) is 0 Å². The van der Waals surface area contributed by atoms with Crippen LogP contribution in [-0.4, -0.2) is 60.7 Å². The molecule has 3 heterocycles. The van der Waals surface area contributed by atoms with Crippen molar-refractivity contribution in [3.8, 4) is 11.1 Å². The Hall–Kier alpha value is -4.05. The van der Waals surface area contributed by atoms with Crippen LogP contribution in [0.1, 0.15) is 47.9 Å². The minimum absolute atomic E-state index is 0.191. The van der Waals surface area contributed by atoms with Gasteiger partial charge in [0.05, 0.1) is 17.8 Å². The maximum atomic E-state index is 13.9. The molecule has 3 aromatic rings. The molecule has 7 rings (SSSR count). The highest BCUT2D eigenvalue weighted by Gasteiger charge is 2.57. The molecule has 2 aliphatic heterocycles. The average molecular weight is 544 g/mol. The van der Waals surface area contributed by atoms with Gasteiger partial charge in [-0.05, 0) is 78.5 Å². The van der Waals surface area contributed by atoms with E-state index in [1.165, 1.54) is 12.1 Å². The van der Waals surface area contributed by atoms with E-state index >= 15 is 0 Å². The quantitative estimate of drug-likeness (QED) is 0.492. The van der Waals surface area contributed by atoms with Crippen LogP contribution < -0.4 is 5.32 Å². The summed E-state index contributed by atoms with van der Waals surface area (Å²) >= 11 is 0. The van der Waals surface area contributed by atoms with E-state index in [0.29, 0.717) is 38.5 Å². The maximum Gasteiger partial charge on any atom is 0.325 e. The van der Waals surface area contributed by atoms with E-state index < -0.39 is 41.6 Å². The lowest BCUT2D eigenvalue weighted by Crippen LogP contribution is -2.51. The Balaban J connectivity index is 1.15. The number of nitrogens with one attached hydrogen (secondary N) is 1. The Morgan fingerprint density at radius 3 is 2.65 bits per heavy atom. The number of carbonyl (C=O) groups is 3. The molecule has 0 unspecified atom stereocenters. The first-order chi connectivity index (χ1) is 19.2. The van der Waals surface area contributed by atoms with Crippen LogP contribution in [0.2, 0.25) is 0 Å². The van der Waals surface area contributed by atoms with Crippen molar-refractivity contribution in [1.29, 1.82) is 0 Å². The minimum Gasteiger partial charge on any atom is -0.388 e. The number of aryl methyl sites for hydroxylation is 3. The second-order valence-corrected chi connectivity index (χ2v) is 11.6. The molecule has 2 fully saturated rings. The Kier molecular flexibility index (Phi) is 5.44. The SMILES string of the molecule is Cn1cc(-c2ccc3c(c2)CC[C@]32NC(=O)N(CC(=O)N3Cc4ccc(F)cc4CC[C@H]3C3(O)CC3)C2=O)cn1. The van der Waals surface area contributed by atoms with Gasteiger partial charge in [-0.2, -0.15) is 5.10 Å². The molecule has 40 heavy (non-hydrogen) atoms. The number of aromatic nitrogens is 2. The molecule has 2 atom stereocenters. The van der Waals surface area contributed by atoms with Gasteiger partial charge in [-0.1, -0.05) is 24.3 Å². The normalized spacial score (nSPS) is 24.6.